The third-order valence-electron chi connectivity index (χ3n) is 2.67. The largest absolute Gasteiger partial charge is 0.505 e. The molecule has 2 rings (SSSR count). The van der Waals surface area contributed by atoms with Gasteiger partial charge in [0.2, 0.25) is 0 Å². The van der Waals surface area contributed by atoms with Crippen molar-refractivity contribution in [3.8, 4) is 5.75 Å². The number of aromatic hydroxyl groups is 1. The fourth-order valence-electron chi connectivity index (χ4n) is 1.69. The summed E-state index contributed by atoms with van der Waals surface area (Å²) in [6.07, 6.45) is 0. The van der Waals surface area contributed by atoms with Crippen molar-refractivity contribution >= 4 is 11.4 Å². The van der Waals surface area contributed by atoms with Crippen LogP contribution in [0.25, 0.3) is 0 Å². The van der Waals surface area contributed by atoms with Crippen molar-refractivity contribution in [3.05, 3.63) is 63.7 Å². The molecule has 0 fully saturated rings. The lowest BCUT2D eigenvalue weighted by atomic mass is 10.2. The standard InChI is InChI=1S/C13H10F2N2O3/c14-9-2-1-3-11(17(19)20)13(9)16-7-8-4-5-12(18)10(15)6-8/h1-6,16,18H,7H2. The highest BCUT2D eigenvalue weighted by Crippen LogP contribution is 2.27. The van der Waals surface area contributed by atoms with Crippen molar-refractivity contribution in [2.75, 3.05) is 5.32 Å². The van der Waals surface area contributed by atoms with Gasteiger partial charge < -0.3 is 10.4 Å². The van der Waals surface area contributed by atoms with E-state index >= 15 is 0 Å². The van der Waals surface area contributed by atoms with Gasteiger partial charge >= 0.3 is 0 Å². The molecule has 2 N–H and O–H groups in total. The van der Waals surface area contributed by atoms with E-state index in [-0.39, 0.29) is 12.2 Å². The van der Waals surface area contributed by atoms with Crippen LogP contribution in [-0.4, -0.2) is 10.0 Å². The number of nitrogens with zero attached hydrogens (tertiary/aromatic N) is 1. The Hall–Kier alpha value is -2.70. The van der Waals surface area contributed by atoms with Gasteiger partial charge in [-0.3, -0.25) is 10.1 Å². The van der Waals surface area contributed by atoms with Gasteiger partial charge in [0.15, 0.2) is 17.4 Å². The van der Waals surface area contributed by atoms with Crippen LogP contribution in [-0.2, 0) is 6.54 Å². The summed E-state index contributed by atoms with van der Waals surface area (Å²) < 4.78 is 26.7. The SMILES string of the molecule is O=[N+]([O-])c1cccc(F)c1NCc1ccc(O)c(F)c1. The van der Waals surface area contributed by atoms with Crippen molar-refractivity contribution in [3.63, 3.8) is 0 Å². The fraction of sp³-hybridized carbons (Fsp3) is 0.0769. The molecule has 5 nitrogen and oxygen atoms in total. The Kier molecular flexibility index (Phi) is 3.79. The van der Waals surface area contributed by atoms with E-state index in [0.717, 1.165) is 18.2 Å². The van der Waals surface area contributed by atoms with Crippen LogP contribution < -0.4 is 5.32 Å². The predicted molar refractivity (Wildman–Crippen MR) is 68.4 cm³/mol. The quantitative estimate of drug-likeness (QED) is 0.666. The third-order valence-corrected chi connectivity index (χ3v) is 2.67. The zero-order chi connectivity index (χ0) is 14.7. The number of nitrogens with one attached hydrogen (secondary N) is 1. The molecule has 0 atom stereocenters. The molecule has 0 amide bonds. The highest BCUT2D eigenvalue weighted by Gasteiger charge is 2.17. The Bertz CT molecular complexity index is 662. The monoisotopic (exact) mass is 280 g/mol. The first-order valence-electron chi connectivity index (χ1n) is 5.63. The Morgan fingerprint density at radius 3 is 2.60 bits per heavy atom. The van der Waals surface area contributed by atoms with E-state index in [1.54, 1.807) is 0 Å². The van der Waals surface area contributed by atoms with E-state index in [1.807, 2.05) is 0 Å². The topological polar surface area (TPSA) is 75.4 Å². The molecule has 104 valence electrons. The first kappa shape index (κ1) is 13.7. The van der Waals surface area contributed by atoms with Crippen LogP contribution in [0.1, 0.15) is 5.56 Å². The molecule has 0 heterocycles. The number of nitro groups is 1. The molecule has 2 aromatic rings. The van der Waals surface area contributed by atoms with Gasteiger partial charge in [-0.2, -0.15) is 0 Å². The third kappa shape index (κ3) is 2.82. The molecule has 20 heavy (non-hydrogen) atoms. The highest BCUT2D eigenvalue weighted by atomic mass is 19.1. The maximum absolute atomic E-state index is 13.6. The van der Waals surface area contributed by atoms with E-state index in [0.29, 0.717) is 5.56 Å². The molecule has 0 aliphatic rings. The number of nitro benzene ring substituents is 1. The normalized spacial score (nSPS) is 10.3. The number of anilines is 1. The Morgan fingerprint density at radius 1 is 1.20 bits per heavy atom. The Morgan fingerprint density at radius 2 is 1.95 bits per heavy atom. The van der Waals surface area contributed by atoms with Gasteiger partial charge in [0.1, 0.15) is 5.69 Å². The predicted octanol–water partition coefficient (Wildman–Crippen LogP) is 3.19. The molecule has 0 aromatic heterocycles. The van der Waals surface area contributed by atoms with Crippen LogP contribution >= 0.6 is 0 Å². The smallest absolute Gasteiger partial charge is 0.295 e. The van der Waals surface area contributed by atoms with E-state index in [1.165, 1.54) is 18.2 Å². The molecule has 2 aromatic carbocycles. The number of rotatable bonds is 4. The molecular weight excluding hydrogens is 270 g/mol. The maximum atomic E-state index is 13.6. The first-order chi connectivity index (χ1) is 9.49. The average molecular weight is 280 g/mol. The molecule has 0 unspecified atom stereocenters. The second kappa shape index (κ2) is 5.52. The Balaban J connectivity index is 2.22. The summed E-state index contributed by atoms with van der Waals surface area (Å²) in [5, 5.41) is 22.4. The van der Waals surface area contributed by atoms with Crippen LogP contribution in [0.15, 0.2) is 36.4 Å². The minimum Gasteiger partial charge on any atom is -0.505 e. The highest BCUT2D eigenvalue weighted by molar-refractivity contribution is 5.62. The zero-order valence-electron chi connectivity index (χ0n) is 10.1. The van der Waals surface area contributed by atoms with Gasteiger partial charge in [-0.05, 0) is 23.8 Å². The lowest BCUT2D eigenvalue weighted by molar-refractivity contribution is -0.384. The van der Waals surface area contributed by atoms with Crippen LogP contribution in [0.5, 0.6) is 5.75 Å². The van der Waals surface area contributed by atoms with Gasteiger partial charge in [-0.25, -0.2) is 8.78 Å². The number of hydrogen-bond donors (Lipinski definition) is 2. The summed E-state index contributed by atoms with van der Waals surface area (Å²) in [5.74, 6) is -2.07. The van der Waals surface area contributed by atoms with E-state index in [4.69, 9.17) is 5.11 Å². The number of benzene rings is 2. The molecule has 0 radical (unpaired) electrons. The van der Waals surface area contributed by atoms with Crippen molar-refractivity contribution in [1.29, 1.82) is 0 Å². The van der Waals surface area contributed by atoms with Gasteiger partial charge in [0, 0.05) is 12.6 Å². The van der Waals surface area contributed by atoms with Gasteiger partial charge in [0.25, 0.3) is 5.69 Å². The summed E-state index contributed by atoms with van der Waals surface area (Å²) >= 11 is 0. The Labute approximate surface area is 112 Å². The fourth-order valence-corrected chi connectivity index (χ4v) is 1.69. The van der Waals surface area contributed by atoms with Crippen molar-refractivity contribution in [2.24, 2.45) is 0 Å². The van der Waals surface area contributed by atoms with Crippen LogP contribution in [0.3, 0.4) is 0 Å². The molecule has 7 heteroatoms. The summed E-state index contributed by atoms with van der Waals surface area (Å²) in [4.78, 5) is 10.1. The molecule has 0 saturated heterocycles. The van der Waals surface area contributed by atoms with E-state index < -0.39 is 28.0 Å². The number of hydrogen-bond acceptors (Lipinski definition) is 4. The second-order valence-electron chi connectivity index (χ2n) is 4.03. The number of phenols is 1. The van der Waals surface area contributed by atoms with Crippen LogP contribution in [0.2, 0.25) is 0 Å². The summed E-state index contributed by atoms with van der Waals surface area (Å²) in [5.41, 5.74) is -0.243. The lowest BCUT2D eigenvalue weighted by Gasteiger charge is -2.08. The van der Waals surface area contributed by atoms with E-state index in [9.17, 15) is 18.9 Å². The second-order valence-corrected chi connectivity index (χ2v) is 4.03. The lowest BCUT2D eigenvalue weighted by Crippen LogP contribution is -2.05. The van der Waals surface area contributed by atoms with Crippen molar-refractivity contribution < 1.29 is 18.8 Å². The van der Waals surface area contributed by atoms with E-state index in [2.05, 4.69) is 5.32 Å². The summed E-state index contributed by atoms with van der Waals surface area (Å²) in [7, 11) is 0. The summed E-state index contributed by atoms with van der Waals surface area (Å²) in [6, 6.07) is 7.14. The van der Waals surface area contributed by atoms with Gasteiger partial charge in [-0.15, -0.1) is 0 Å². The number of phenolic OH excluding ortho intramolecular Hbond substituents is 1. The van der Waals surface area contributed by atoms with Gasteiger partial charge in [0.05, 0.1) is 4.92 Å². The zero-order valence-corrected chi connectivity index (χ0v) is 10.1. The molecule has 0 aliphatic carbocycles. The average Bonchev–Trinajstić information content (AvgIpc) is 2.40. The molecule has 0 saturated carbocycles. The van der Waals surface area contributed by atoms with Gasteiger partial charge in [-0.1, -0.05) is 12.1 Å². The van der Waals surface area contributed by atoms with Crippen LogP contribution in [0, 0.1) is 21.7 Å². The summed E-state index contributed by atoms with van der Waals surface area (Å²) in [6.45, 7) is -0.0149. The molecular formula is C13H10F2N2O3. The minimum absolute atomic E-state index is 0.0149. The van der Waals surface area contributed by atoms with Crippen molar-refractivity contribution in [2.45, 2.75) is 6.54 Å². The molecule has 0 bridgehead atoms. The molecule has 0 spiro atoms. The van der Waals surface area contributed by atoms with Crippen LogP contribution in [0.4, 0.5) is 20.2 Å². The number of para-hydroxylation sites is 1. The first-order valence-corrected chi connectivity index (χ1v) is 5.63. The van der Waals surface area contributed by atoms with Crippen molar-refractivity contribution in [1.82, 2.24) is 0 Å². The number of halogens is 2. The molecule has 0 aliphatic heterocycles. The maximum Gasteiger partial charge on any atom is 0.295 e. The minimum atomic E-state index is -0.813.